The molecule has 1 heterocycles. The molecule has 0 spiro atoms. The van der Waals surface area contributed by atoms with Crippen LogP contribution >= 0.6 is 0 Å². The molecule has 0 radical (unpaired) electrons. The summed E-state index contributed by atoms with van der Waals surface area (Å²) in [7, 11) is -3.34. The molecule has 0 bridgehead atoms. The predicted molar refractivity (Wildman–Crippen MR) is 73.0 cm³/mol. The van der Waals surface area contributed by atoms with Crippen molar-refractivity contribution in [3.05, 3.63) is 35.4 Å². The van der Waals surface area contributed by atoms with E-state index in [1.807, 2.05) is 0 Å². The highest BCUT2D eigenvalue weighted by Crippen LogP contribution is 2.27. The number of piperidine rings is 1. The van der Waals surface area contributed by atoms with Gasteiger partial charge in [-0.25, -0.2) is 21.9 Å². The summed E-state index contributed by atoms with van der Waals surface area (Å²) >= 11 is 0. The van der Waals surface area contributed by atoms with Crippen LogP contribution in [-0.4, -0.2) is 33.3 Å². The zero-order valence-corrected chi connectivity index (χ0v) is 12.0. The van der Waals surface area contributed by atoms with Crippen LogP contribution in [0.1, 0.15) is 24.8 Å². The van der Waals surface area contributed by atoms with E-state index < -0.39 is 21.7 Å². The quantitative estimate of drug-likeness (QED) is 0.883. The van der Waals surface area contributed by atoms with Gasteiger partial charge in [0.2, 0.25) is 10.0 Å². The summed E-state index contributed by atoms with van der Waals surface area (Å²) in [6.07, 6.45) is 0.669. The first-order valence-electron chi connectivity index (χ1n) is 6.58. The molecule has 0 aliphatic carbocycles. The summed E-state index contributed by atoms with van der Waals surface area (Å²) in [5.41, 5.74) is 0.620. The SMILES string of the molecule is CCS(=O)(=O)NC1CNCCC1c1ccc(F)c(F)c1. The Bertz CT molecular complexity index is 578. The van der Waals surface area contributed by atoms with Crippen LogP contribution in [0.2, 0.25) is 0 Å². The average molecular weight is 304 g/mol. The fraction of sp³-hybridized carbons (Fsp3) is 0.538. The van der Waals surface area contributed by atoms with Crippen molar-refractivity contribution in [2.75, 3.05) is 18.8 Å². The Morgan fingerprint density at radius 2 is 2.10 bits per heavy atom. The van der Waals surface area contributed by atoms with E-state index >= 15 is 0 Å². The van der Waals surface area contributed by atoms with Gasteiger partial charge in [-0.1, -0.05) is 6.07 Å². The second-order valence-corrected chi connectivity index (χ2v) is 6.94. The molecular formula is C13H18F2N2O2S. The van der Waals surface area contributed by atoms with Crippen LogP contribution in [0.4, 0.5) is 8.78 Å². The molecule has 0 saturated carbocycles. The van der Waals surface area contributed by atoms with Crippen LogP contribution in [0.5, 0.6) is 0 Å². The maximum absolute atomic E-state index is 13.3. The smallest absolute Gasteiger partial charge is 0.211 e. The fourth-order valence-electron chi connectivity index (χ4n) is 2.44. The van der Waals surface area contributed by atoms with Gasteiger partial charge in [-0.2, -0.15) is 0 Å². The molecule has 20 heavy (non-hydrogen) atoms. The summed E-state index contributed by atoms with van der Waals surface area (Å²) < 4.78 is 52.3. The lowest BCUT2D eigenvalue weighted by Crippen LogP contribution is -2.50. The van der Waals surface area contributed by atoms with Crippen LogP contribution in [0.3, 0.4) is 0 Å². The largest absolute Gasteiger partial charge is 0.315 e. The van der Waals surface area contributed by atoms with Gasteiger partial charge in [-0.15, -0.1) is 0 Å². The Labute approximate surface area is 117 Å². The van der Waals surface area contributed by atoms with Crippen molar-refractivity contribution in [1.82, 2.24) is 10.0 Å². The van der Waals surface area contributed by atoms with E-state index in [2.05, 4.69) is 10.0 Å². The van der Waals surface area contributed by atoms with Gasteiger partial charge < -0.3 is 5.32 Å². The molecule has 2 unspecified atom stereocenters. The van der Waals surface area contributed by atoms with Gasteiger partial charge in [0.1, 0.15) is 0 Å². The number of halogens is 2. The van der Waals surface area contributed by atoms with Gasteiger partial charge in [0.25, 0.3) is 0 Å². The zero-order chi connectivity index (χ0) is 14.8. The Kier molecular flexibility index (Phi) is 4.72. The molecule has 0 amide bonds. The van der Waals surface area contributed by atoms with Gasteiger partial charge in [-0.05, 0) is 37.6 Å². The molecular weight excluding hydrogens is 286 g/mol. The van der Waals surface area contributed by atoms with Crippen LogP contribution < -0.4 is 10.0 Å². The maximum atomic E-state index is 13.3. The molecule has 1 aliphatic heterocycles. The normalized spacial score (nSPS) is 23.8. The highest BCUT2D eigenvalue weighted by molar-refractivity contribution is 7.89. The van der Waals surface area contributed by atoms with Crippen molar-refractivity contribution < 1.29 is 17.2 Å². The van der Waals surface area contributed by atoms with Crippen LogP contribution in [0.15, 0.2) is 18.2 Å². The van der Waals surface area contributed by atoms with Crippen LogP contribution in [0, 0.1) is 11.6 Å². The van der Waals surface area contributed by atoms with Crippen molar-refractivity contribution in [2.24, 2.45) is 0 Å². The maximum Gasteiger partial charge on any atom is 0.211 e. The van der Waals surface area contributed by atoms with Crippen molar-refractivity contribution in [2.45, 2.75) is 25.3 Å². The van der Waals surface area contributed by atoms with E-state index in [0.717, 1.165) is 12.1 Å². The monoisotopic (exact) mass is 304 g/mol. The summed E-state index contributed by atoms with van der Waals surface area (Å²) in [6, 6.07) is 3.40. The molecule has 0 aromatic heterocycles. The molecule has 1 aromatic carbocycles. The van der Waals surface area contributed by atoms with E-state index in [9.17, 15) is 17.2 Å². The Morgan fingerprint density at radius 1 is 1.35 bits per heavy atom. The molecule has 1 saturated heterocycles. The molecule has 2 atom stereocenters. The van der Waals surface area contributed by atoms with Crippen molar-refractivity contribution in [1.29, 1.82) is 0 Å². The number of hydrogen-bond donors (Lipinski definition) is 2. The fourth-order valence-corrected chi connectivity index (χ4v) is 3.31. The molecule has 1 aliphatic rings. The third-order valence-electron chi connectivity index (χ3n) is 3.56. The number of hydrogen-bond acceptors (Lipinski definition) is 3. The molecule has 1 aromatic rings. The Morgan fingerprint density at radius 3 is 2.75 bits per heavy atom. The first kappa shape index (κ1) is 15.3. The van der Waals surface area contributed by atoms with Gasteiger partial charge in [0.05, 0.1) is 5.75 Å². The Hall–Kier alpha value is -1.05. The summed E-state index contributed by atoms with van der Waals surface area (Å²) in [5.74, 6) is -1.97. The number of sulfonamides is 1. The van der Waals surface area contributed by atoms with Gasteiger partial charge in [0.15, 0.2) is 11.6 Å². The van der Waals surface area contributed by atoms with E-state index in [-0.39, 0.29) is 17.7 Å². The molecule has 7 heteroatoms. The van der Waals surface area contributed by atoms with Gasteiger partial charge >= 0.3 is 0 Å². The average Bonchev–Trinajstić information content (AvgIpc) is 2.42. The Balaban J connectivity index is 2.24. The number of benzene rings is 1. The van der Waals surface area contributed by atoms with Crippen LogP contribution in [-0.2, 0) is 10.0 Å². The lowest BCUT2D eigenvalue weighted by atomic mass is 9.86. The second-order valence-electron chi connectivity index (χ2n) is 4.90. The first-order valence-corrected chi connectivity index (χ1v) is 8.24. The van der Waals surface area contributed by atoms with Crippen molar-refractivity contribution in [3.63, 3.8) is 0 Å². The summed E-state index contributed by atoms with van der Waals surface area (Å²) in [4.78, 5) is 0. The van der Waals surface area contributed by atoms with Crippen molar-refractivity contribution in [3.8, 4) is 0 Å². The molecule has 2 rings (SSSR count). The topological polar surface area (TPSA) is 58.2 Å². The molecule has 112 valence electrons. The molecule has 2 N–H and O–H groups in total. The third kappa shape index (κ3) is 3.53. The second kappa shape index (κ2) is 6.15. The summed E-state index contributed by atoms with van der Waals surface area (Å²) in [5, 5.41) is 3.11. The van der Waals surface area contributed by atoms with Crippen molar-refractivity contribution >= 4 is 10.0 Å². The third-order valence-corrected chi connectivity index (χ3v) is 4.99. The molecule has 4 nitrogen and oxygen atoms in total. The highest BCUT2D eigenvalue weighted by Gasteiger charge is 2.29. The van der Waals surface area contributed by atoms with E-state index in [0.29, 0.717) is 25.1 Å². The summed E-state index contributed by atoms with van der Waals surface area (Å²) in [6.45, 7) is 2.75. The minimum Gasteiger partial charge on any atom is -0.315 e. The van der Waals surface area contributed by atoms with E-state index in [4.69, 9.17) is 0 Å². The van der Waals surface area contributed by atoms with Gasteiger partial charge in [-0.3, -0.25) is 0 Å². The predicted octanol–water partition coefficient (Wildman–Crippen LogP) is 1.35. The zero-order valence-electron chi connectivity index (χ0n) is 11.2. The van der Waals surface area contributed by atoms with Gasteiger partial charge in [0, 0.05) is 18.5 Å². The minimum atomic E-state index is -3.34. The highest BCUT2D eigenvalue weighted by atomic mass is 32.2. The lowest BCUT2D eigenvalue weighted by Gasteiger charge is -2.32. The molecule has 1 fully saturated rings. The minimum absolute atomic E-state index is 0.00595. The van der Waals surface area contributed by atoms with E-state index in [1.165, 1.54) is 6.07 Å². The lowest BCUT2D eigenvalue weighted by molar-refractivity contribution is 0.376. The first-order chi connectivity index (χ1) is 9.43. The van der Waals surface area contributed by atoms with Crippen LogP contribution in [0.25, 0.3) is 0 Å². The number of nitrogens with one attached hydrogen (secondary N) is 2. The number of rotatable bonds is 4. The standard InChI is InChI=1S/C13H18F2N2O2S/c1-2-20(18,19)17-13-8-16-6-5-10(13)9-3-4-11(14)12(15)7-9/h3-4,7,10,13,16-17H,2,5-6,8H2,1H3. The van der Waals surface area contributed by atoms with E-state index in [1.54, 1.807) is 6.92 Å².